The van der Waals surface area contributed by atoms with E-state index < -0.39 is 12.0 Å². The topological polar surface area (TPSA) is 123 Å². The molecular formula is C26H26N4O4. The average molecular weight is 459 g/mol. The molecule has 0 aliphatic heterocycles. The monoisotopic (exact) mass is 458 g/mol. The van der Waals surface area contributed by atoms with Crippen LogP contribution >= 0.6 is 0 Å². The third kappa shape index (κ3) is 5.24. The average Bonchev–Trinajstić information content (AvgIpc) is 3.16. The van der Waals surface area contributed by atoms with E-state index in [2.05, 4.69) is 28.1 Å². The summed E-state index contributed by atoms with van der Waals surface area (Å²) in [6.45, 7) is 0.115. The first-order chi connectivity index (χ1) is 16.6. The fourth-order valence-corrected chi connectivity index (χ4v) is 4.04. The molecule has 8 heteroatoms. The zero-order valence-electron chi connectivity index (χ0n) is 18.5. The molecule has 3 aromatic carbocycles. The molecule has 3 amide bonds. The van der Waals surface area contributed by atoms with Crippen molar-refractivity contribution in [2.75, 3.05) is 30.3 Å². The maximum Gasteiger partial charge on any atom is 0.407 e. The van der Waals surface area contributed by atoms with Gasteiger partial charge in [-0.25, -0.2) is 4.79 Å². The fraction of sp³-hybridized carbons (Fsp3) is 0.192. The van der Waals surface area contributed by atoms with E-state index in [4.69, 9.17) is 10.5 Å². The summed E-state index contributed by atoms with van der Waals surface area (Å²) in [4.78, 5) is 36.5. The molecule has 0 radical (unpaired) electrons. The summed E-state index contributed by atoms with van der Waals surface area (Å²) in [5.41, 5.74) is 10.8. The summed E-state index contributed by atoms with van der Waals surface area (Å²) < 4.78 is 5.44. The van der Waals surface area contributed by atoms with Gasteiger partial charge >= 0.3 is 6.09 Å². The molecule has 3 aromatic rings. The number of nitrogens with one attached hydrogen (secondary N) is 3. The molecule has 1 aliphatic carbocycles. The number of rotatable bonds is 8. The molecule has 4 rings (SSSR count). The predicted molar refractivity (Wildman–Crippen MR) is 130 cm³/mol. The van der Waals surface area contributed by atoms with Crippen molar-refractivity contribution in [3.05, 3.63) is 83.9 Å². The molecule has 0 fully saturated rings. The van der Waals surface area contributed by atoms with Crippen LogP contribution in [0.3, 0.4) is 0 Å². The minimum absolute atomic E-state index is 0.0593. The smallest absolute Gasteiger partial charge is 0.407 e. The lowest BCUT2D eigenvalue weighted by molar-refractivity contribution is -0.116. The van der Waals surface area contributed by atoms with Crippen molar-refractivity contribution >= 4 is 29.3 Å². The first-order valence-corrected chi connectivity index (χ1v) is 11.0. The van der Waals surface area contributed by atoms with Crippen LogP contribution in [-0.4, -0.2) is 37.6 Å². The van der Waals surface area contributed by atoms with Crippen LogP contribution in [0.5, 0.6) is 0 Å². The summed E-state index contributed by atoms with van der Waals surface area (Å²) in [7, 11) is 0. The third-order valence-electron chi connectivity index (χ3n) is 5.58. The number of carbonyl (C=O) groups excluding carboxylic acids is 3. The van der Waals surface area contributed by atoms with E-state index in [-0.39, 0.29) is 37.9 Å². The molecule has 34 heavy (non-hydrogen) atoms. The molecule has 0 atom stereocenters. The van der Waals surface area contributed by atoms with E-state index in [1.54, 1.807) is 24.3 Å². The number of amides is 3. The van der Waals surface area contributed by atoms with Gasteiger partial charge in [0, 0.05) is 18.9 Å². The molecule has 0 unspecified atom stereocenters. The number of carbonyl (C=O) groups is 3. The Kier molecular flexibility index (Phi) is 7.19. The van der Waals surface area contributed by atoms with Crippen molar-refractivity contribution in [1.29, 1.82) is 0 Å². The molecule has 0 bridgehead atoms. The van der Waals surface area contributed by atoms with Gasteiger partial charge in [-0.2, -0.15) is 0 Å². The number of anilines is 2. The Balaban J connectivity index is 1.30. The highest BCUT2D eigenvalue weighted by Gasteiger charge is 2.29. The van der Waals surface area contributed by atoms with E-state index in [1.807, 2.05) is 36.4 Å². The van der Waals surface area contributed by atoms with Crippen molar-refractivity contribution in [2.45, 2.75) is 12.3 Å². The maximum absolute atomic E-state index is 12.4. The minimum atomic E-state index is -0.679. The zero-order valence-corrected chi connectivity index (χ0v) is 18.5. The molecule has 0 saturated heterocycles. The number of benzene rings is 3. The SMILES string of the molecule is NCCC(=O)Nc1ccccc1NC(=O)CNC(=O)OCC1c2ccccc2-c2ccccc21. The van der Waals surface area contributed by atoms with Gasteiger partial charge in [-0.05, 0) is 34.4 Å². The van der Waals surface area contributed by atoms with Gasteiger partial charge in [0.1, 0.15) is 13.2 Å². The summed E-state index contributed by atoms with van der Waals surface area (Å²) >= 11 is 0. The molecule has 174 valence electrons. The van der Waals surface area contributed by atoms with Crippen molar-refractivity contribution < 1.29 is 19.1 Å². The lowest BCUT2D eigenvalue weighted by atomic mass is 9.98. The molecule has 1 aliphatic rings. The van der Waals surface area contributed by atoms with E-state index in [9.17, 15) is 14.4 Å². The zero-order chi connectivity index (χ0) is 23.9. The van der Waals surface area contributed by atoms with Crippen molar-refractivity contribution in [3.8, 4) is 11.1 Å². The number of alkyl carbamates (subject to hydrolysis) is 1. The van der Waals surface area contributed by atoms with Crippen LogP contribution in [0.25, 0.3) is 11.1 Å². The largest absolute Gasteiger partial charge is 0.449 e. The summed E-state index contributed by atoms with van der Waals surface area (Å²) in [5.74, 6) is -0.758. The highest BCUT2D eigenvalue weighted by Crippen LogP contribution is 2.44. The van der Waals surface area contributed by atoms with E-state index in [0.717, 1.165) is 22.3 Å². The van der Waals surface area contributed by atoms with Gasteiger partial charge in [-0.3, -0.25) is 9.59 Å². The minimum Gasteiger partial charge on any atom is -0.449 e. The molecule has 0 spiro atoms. The highest BCUT2D eigenvalue weighted by molar-refractivity contribution is 6.00. The summed E-state index contributed by atoms with van der Waals surface area (Å²) in [5, 5.41) is 7.86. The van der Waals surface area contributed by atoms with Gasteiger partial charge in [0.2, 0.25) is 11.8 Å². The highest BCUT2D eigenvalue weighted by atomic mass is 16.5. The fourth-order valence-electron chi connectivity index (χ4n) is 4.04. The van der Waals surface area contributed by atoms with Crippen LogP contribution in [0, 0.1) is 0 Å². The molecule has 0 saturated carbocycles. The van der Waals surface area contributed by atoms with Crippen LogP contribution in [0.2, 0.25) is 0 Å². The van der Waals surface area contributed by atoms with Crippen LogP contribution in [-0.2, 0) is 14.3 Å². The van der Waals surface area contributed by atoms with Crippen molar-refractivity contribution in [2.24, 2.45) is 5.73 Å². The standard InChI is InChI=1S/C26H26N4O4/c27-14-13-24(31)29-22-11-5-6-12-23(22)30-25(32)15-28-26(33)34-16-21-19-9-3-1-7-17(19)18-8-2-4-10-20(18)21/h1-12,21H,13-16,27H2,(H,28,33)(H,29,31)(H,30,32). The lowest BCUT2D eigenvalue weighted by Crippen LogP contribution is -2.34. The quantitative estimate of drug-likeness (QED) is 0.412. The van der Waals surface area contributed by atoms with Crippen molar-refractivity contribution in [1.82, 2.24) is 5.32 Å². The second-order valence-corrected chi connectivity index (χ2v) is 7.86. The van der Waals surface area contributed by atoms with Gasteiger partial charge in [0.05, 0.1) is 11.4 Å². The Morgan fingerprint density at radius 1 is 0.765 bits per heavy atom. The number of para-hydroxylation sites is 2. The first kappa shape index (κ1) is 23.0. The molecule has 8 nitrogen and oxygen atoms in total. The second-order valence-electron chi connectivity index (χ2n) is 7.86. The number of nitrogens with two attached hydrogens (primary N) is 1. The van der Waals surface area contributed by atoms with E-state index in [1.165, 1.54) is 0 Å². The van der Waals surface area contributed by atoms with Gasteiger partial charge < -0.3 is 26.4 Å². The Morgan fingerprint density at radius 3 is 1.88 bits per heavy atom. The van der Waals surface area contributed by atoms with Crippen LogP contribution in [0.4, 0.5) is 16.2 Å². The Bertz CT molecular complexity index is 1170. The first-order valence-electron chi connectivity index (χ1n) is 11.0. The lowest BCUT2D eigenvalue weighted by Gasteiger charge is -2.15. The molecule has 0 aromatic heterocycles. The Hall–Kier alpha value is -4.17. The van der Waals surface area contributed by atoms with Gasteiger partial charge in [0.15, 0.2) is 0 Å². The van der Waals surface area contributed by atoms with Crippen LogP contribution < -0.4 is 21.7 Å². The van der Waals surface area contributed by atoms with Crippen molar-refractivity contribution in [3.63, 3.8) is 0 Å². The van der Waals surface area contributed by atoms with Crippen LogP contribution in [0.15, 0.2) is 72.8 Å². The summed E-state index contributed by atoms with van der Waals surface area (Å²) in [6.07, 6.45) is -0.507. The summed E-state index contributed by atoms with van der Waals surface area (Å²) in [6, 6.07) is 22.9. The van der Waals surface area contributed by atoms with E-state index in [0.29, 0.717) is 11.4 Å². The molecule has 0 heterocycles. The van der Waals surface area contributed by atoms with Gasteiger partial charge in [0.25, 0.3) is 0 Å². The number of fused-ring (bicyclic) bond motifs is 3. The van der Waals surface area contributed by atoms with E-state index >= 15 is 0 Å². The molecule has 5 N–H and O–H groups in total. The predicted octanol–water partition coefficient (Wildman–Crippen LogP) is 3.45. The van der Waals surface area contributed by atoms with Gasteiger partial charge in [-0.15, -0.1) is 0 Å². The Labute approximate surface area is 197 Å². The third-order valence-corrected chi connectivity index (χ3v) is 5.58. The second kappa shape index (κ2) is 10.6. The maximum atomic E-state index is 12.4. The van der Waals surface area contributed by atoms with Crippen LogP contribution in [0.1, 0.15) is 23.5 Å². The number of hydrogen-bond acceptors (Lipinski definition) is 5. The van der Waals surface area contributed by atoms with Gasteiger partial charge in [-0.1, -0.05) is 60.7 Å². The number of ether oxygens (including phenoxy) is 1. The molecular weight excluding hydrogens is 432 g/mol. The number of hydrogen-bond donors (Lipinski definition) is 4. The Morgan fingerprint density at radius 2 is 1.29 bits per heavy atom. The normalized spacial score (nSPS) is 11.8.